The van der Waals surface area contributed by atoms with Gasteiger partial charge in [-0.1, -0.05) is 0 Å². The molecule has 9 heteroatoms. The molecule has 0 aromatic rings. The highest BCUT2D eigenvalue weighted by Gasteiger charge is 2.82. The molecule has 1 rings (SSSR count). The molecule has 0 aromatic carbocycles. The minimum Gasteiger partial charge on any atom is -0.333 e. The van der Waals surface area contributed by atoms with Crippen LogP contribution in [0.15, 0.2) is 0 Å². The van der Waals surface area contributed by atoms with Crippen molar-refractivity contribution in [2.45, 2.75) is 30.5 Å². The van der Waals surface area contributed by atoms with E-state index >= 15 is 0 Å². The van der Waals surface area contributed by atoms with Gasteiger partial charge in [-0.15, -0.1) is 0 Å². The third kappa shape index (κ3) is 1.43. The zero-order valence-corrected chi connectivity index (χ0v) is 6.09. The van der Waals surface area contributed by atoms with Crippen LogP contribution >= 0.6 is 0 Å². The van der Waals surface area contributed by atoms with E-state index in [-0.39, 0.29) is 0 Å². The maximum Gasteiger partial charge on any atom is 0.434 e. The summed E-state index contributed by atoms with van der Waals surface area (Å²) in [6, 6.07) is 0. The number of hydrogen-bond acceptors (Lipinski definition) is 1. The number of alkyl halides is 8. The molecule has 14 heavy (non-hydrogen) atoms. The summed E-state index contributed by atoms with van der Waals surface area (Å²) < 4.78 is 98.1. The van der Waals surface area contributed by atoms with Crippen molar-refractivity contribution in [2.24, 2.45) is 0 Å². The van der Waals surface area contributed by atoms with E-state index in [0.717, 1.165) is 0 Å². The van der Waals surface area contributed by atoms with Gasteiger partial charge >= 0.3 is 18.0 Å². The molecule has 0 saturated carbocycles. The van der Waals surface area contributed by atoms with E-state index in [9.17, 15) is 35.1 Å². The Kier molecular flexibility index (Phi) is 2.22. The van der Waals surface area contributed by atoms with Crippen LogP contribution in [0.4, 0.5) is 35.1 Å². The monoisotopic (exact) mass is 230 g/mol. The maximum absolute atomic E-state index is 12.6. The fourth-order valence-corrected chi connectivity index (χ4v) is 0.852. The molecule has 1 aliphatic heterocycles. The summed E-state index contributed by atoms with van der Waals surface area (Å²) in [4.78, 5) is 0. The van der Waals surface area contributed by atoms with Crippen LogP contribution < -0.4 is 0 Å². The Morgan fingerprint density at radius 3 is 1.14 bits per heavy atom. The Bertz CT molecular complexity index is 215. The van der Waals surface area contributed by atoms with Gasteiger partial charge in [0, 0.05) is 0 Å². The van der Waals surface area contributed by atoms with E-state index in [0.29, 0.717) is 0 Å². The molecule has 0 aliphatic carbocycles. The van der Waals surface area contributed by atoms with Crippen LogP contribution in [-0.2, 0) is 4.74 Å². The van der Waals surface area contributed by atoms with Crippen molar-refractivity contribution in [1.82, 2.24) is 0 Å². The minimum atomic E-state index is -6.25. The van der Waals surface area contributed by atoms with Crippen LogP contribution in [0.1, 0.15) is 0 Å². The summed E-state index contributed by atoms with van der Waals surface area (Å²) in [7, 11) is 0. The summed E-state index contributed by atoms with van der Waals surface area (Å²) in [5, 5.41) is 0. The smallest absolute Gasteiger partial charge is 0.333 e. The Balaban J connectivity index is 3.04. The maximum atomic E-state index is 12.6. The molecule has 0 radical (unpaired) electrons. The van der Waals surface area contributed by atoms with Crippen molar-refractivity contribution in [3.8, 4) is 0 Å². The van der Waals surface area contributed by atoms with Gasteiger partial charge in [-0.25, -0.2) is 8.78 Å². The number of rotatable bonds is 1. The summed E-state index contributed by atoms with van der Waals surface area (Å²) in [6.45, 7) is 0. The van der Waals surface area contributed by atoms with Gasteiger partial charge < -0.3 is 4.74 Å². The van der Waals surface area contributed by atoms with E-state index in [1.807, 2.05) is 0 Å². The first-order chi connectivity index (χ1) is 6.02. The Labute approximate surface area is 71.6 Å². The third-order valence-electron chi connectivity index (χ3n) is 1.66. The Morgan fingerprint density at radius 2 is 1.07 bits per heavy atom. The Morgan fingerprint density at radius 1 is 0.786 bits per heavy atom. The zero-order chi connectivity index (χ0) is 11.4. The molecule has 0 bridgehead atoms. The minimum absolute atomic E-state index is 2.87. The lowest BCUT2D eigenvalue weighted by Crippen LogP contribution is -2.57. The molecule has 0 spiro atoms. The summed E-state index contributed by atoms with van der Waals surface area (Å²) in [6.07, 6.45) is -18.5. The molecule has 0 aromatic heterocycles. The number of epoxide rings is 1. The average molecular weight is 230 g/mol. The van der Waals surface area contributed by atoms with Gasteiger partial charge in [0.05, 0.1) is 0 Å². The second-order valence-electron chi connectivity index (χ2n) is 2.62. The zero-order valence-electron chi connectivity index (χ0n) is 6.09. The lowest BCUT2D eigenvalue weighted by molar-refractivity contribution is -0.346. The van der Waals surface area contributed by atoms with E-state index in [2.05, 4.69) is 4.74 Å². The highest BCUT2D eigenvalue weighted by molar-refractivity contribution is 5.07. The van der Waals surface area contributed by atoms with Crippen molar-refractivity contribution in [2.75, 3.05) is 0 Å². The lowest BCUT2D eigenvalue weighted by Gasteiger charge is -2.27. The van der Waals surface area contributed by atoms with E-state index in [1.165, 1.54) is 0 Å². The molecule has 1 saturated heterocycles. The topological polar surface area (TPSA) is 12.5 Å². The van der Waals surface area contributed by atoms with Gasteiger partial charge in [-0.05, 0) is 0 Å². The van der Waals surface area contributed by atoms with E-state index in [1.54, 1.807) is 0 Å². The molecule has 0 unspecified atom stereocenters. The van der Waals surface area contributed by atoms with Crippen molar-refractivity contribution >= 4 is 0 Å². The molecule has 1 heterocycles. The quantitative estimate of drug-likeness (QED) is 0.498. The molecule has 84 valence electrons. The molecule has 0 N–H and O–H groups in total. The second-order valence-corrected chi connectivity index (χ2v) is 2.62. The first-order valence-corrected chi connectivity index (χ1v) is 3.13. The standard InChI is InChI=1S/C5H2F8O/c6-2-1(14-2)3(7,4(8,9)10)5(11,12)13/h1-2H/t1-,2-/m1/s1. The van der Waals surface area contributed by atoms with Crippen LogP contribution in [0.3, 0.4) is 0 Å². The fourth-order valence-electron chi connectivity index (χ4n) is 0.852. The summed E-state index contributed by atoms with van der Waals surface area (Å²) in [5.74, 6) is 0. The molecule has 2 atom stereocenters. The van der Waals surface area contributed by atoms with Crippen molar-refractivity contribution < 1.29 is 39.9 Å². The summed E-state index contributed by atoms with van der Waals surface area (Å²) in [5.41, 5.74) is -5.64. The highest BCUT2D eigenvalue weighted by Crippen LogP contribution is 2.54. The van der Waals surface area contributed by atoms with Crippen molar-refractivity contribution in [3.05, 3.63) is 0 Å². The van der Waals surface area contributed by atoms with Gasteiger partial charge in [0.2, 0.25) is 6.36 Å². The normalized spacial score (nSPS) is 29.1. The number of ether oxygens (including phenoxy) is 1. The highest BCUT2D eigenvalue weighted by atomic mass is 19.4. The van der Waals surface area contributed by atoms with Gasteiger partial charge in [0.15, 0.2) is 6.10 Å². The number of hydrogen-bond donors (Lipinski definition) is 0. The van der Waals surface area contributed by atoms with Crippen LogP contribution in [0.5, 0.6) is 0 Å². The van der Waals surface area contributed by atoms with Gasteiger partial charge in [-0.3, -0.25) is 0 Å². The number of halogens is 8. The first-order valence-electron chi connectivity index (χ1n) is 3.13. The molecule has 0 amide bonds. The second kappa shape index (κ2) is 2.71. The van der Waals surface area contributed by atoms with Crippen molar-refractivity contribution in [1.29, 1.82) is 0 Å². The van der Waals surface area contributed by atoms with Crippen molar-refractivity contribution in [3.63, 3.8) is 0 Å². The predicted octanol–water partition coefficient (Wildman–Crippen LogP) is 2.51. The van der Waals surface area contributed by atoms with Crippen LogP contribution in [0.25, 0.3) is 0 Å². The average Bonchev–Trinajstić information content (AvgIpc) is 2.60. The van der Waals surface area contributed by atoms with Crippen LogP contribution in [0, 0.1) is 0 Å². The largest absolute Gasteiger partial charge is 0.434 e. The Hall–Kier alpha value is -0.600. The van der Waals surface area contributed by atoms with Gasteiger partial charge in [0.25, 0.3) is 0 Å². The predicted molar refractivity (Wildman–Crippen MR) is 25.7 cm³/mol. The third-order valence-corrected chi connectivity index (χ3v) is 1.66. The van der Waals surface area contributed by atoms with E-state index in [4.69, 9.17) is 0 Å². The molecule has 1 aliphatic rings. The fraction of sp³-hybridized carbons (Fsp3) is 1.00. The SMILES string of the molecule is F[C@@H]1O[C@H]1C(F)(C(F)(F)F)C(F)(F)F. The van der Waals surface area contributed by atoms with Crippen LogP contribution in [-0.4, -0.2) is 30.5 Å². The molecule has 1 fully saturated rings. The summed E-state index contributed by atoms with van der Waals surface area (Å²) >= 11 is 0. The molecular formula is C5H2F8O. The van der Waals surface area contributed by atoms with Gasteiger partial charge in [-0.2, -0.15) is 26.3 Å². The van der Waals surface area contributed by atoms with E-state index < -0.39 is 30.5 Å². The lowest BCUT2D eigenvalue weighted by atomic mass is 10.0. The van der Waals surface area contributed by atoms with Crippen LogP contribution in [0.2, 0.25) is 0 Å². The molecule has 1 nitrogen and oxygen atoms in total. The molecular weight excluding hydrogens is 228 g/mol. The van der Waals surface area contributed by atoms with Gasteiger partial charge in [0.1, 0.15) is 0 Å². The first kappa shape index (κ1) is 11.5.